The Balaban J connectivity index is 1.27. The van der Waals surface area contributed by atoms with Gasteiger partial charge in [-0.1, -0.05) is 63.2 Å². The van der Waals surface area contributed by atoms with E-state index in [1.165, 1.54) is 17.7 Å². The maximum absolute atomic E-state index is 12.5. The first-order valence-corrected chi connectivity index (χ1v) is 13.0. The van der Waals surface area contributed by atoms with Gasteiger partial charge < -0.3 is 19.2 Å². The fourth-order valence-corrected chi connectivity index (χ4v) is 4.01. The van der Waals surface area contributed by atoms with Crippen molar-refractivity contribution in [3.05, 3.63) is 106 Å². The molecule has 4 aromatic rings. The van der Waals surface area contributed by atoms with Crippen molar-refractivity contribution in [2.45, 2.75) is 45.4 Å². The molecule has 0 unspecified atom stereocenters. The van der Waals surface area contributed by atoms with E-state index in [0.29, 0.717) is 31.4 Å². The molecule has 7 nitrogen and oxygen atoms in total. The van der Waals surface area contributed by atoms with Crippen molar-refractivity contribution >= 4 is 22.8 Å². The molecule has 0 saturated heterocycles. The molecular weight excluding hydrogens is 494 g/mol. The molecule has 1 amide bonds. The number of hydrogen-bond donors (Lipinski definition) is 1. The van der Waals surface area contributed by atoms with Crippen molar-refractivity contribution in [3.63, 3.8) is 0 Å². The first-order valence-electron chi connectivity index (χ1n) is 13.0. The van der Waals surface area contributed by atoms with Crippen molar-refractivity contribution in [1.29, 1.82) is 0 Å². The van der Waals surface area contributed by atoms with Crippen LogP contribution in [-0.4, -0.2) is 25.0 Å². The van der Waals surface area contributed by atoms with Gasteiger partial charge in [-0.15, -0.1) is 0 Å². The SMILES string of the molecule is CC(C)(C)c1ccc(OCCCC(=O)Oc2ccc3cc(C(=O)NCCc4ccccc4)c(=O)oc3c2)cc1. The van der Waals surface area contributed by atoms with E-state index in [1.54, 1.807) is 12.1 Å². The van der Waals surface area contributed by atoms with Crippen molar-refractivity contribution in [2.75, 3.05) is 13.2 Å². The topological polar surface area (TPSA) is 94.8 Å². The van der Waals surface area contributed by atoms with Gasteiger partial charge in [0.25, 0.3) is 5.91 Å². The number of fused-ring (bicyclic) bond motifs is 1. The number of amides is 1. The quantitative estimate of drug-likeness (QED) is 0.121. The lowest BCUT2D eigenvalue weighted by molar-refractivity contribution is -0.134. The summed E-state index contributed by atoms with van der Waals surface area (Å²) in [4.78, 5) is 37.3. The third-order valence-electron chi connectivity index (χ3n) is 6.24. The summed E-state index contributed by atoms with van der Waals surface area (Å²) in [6.07, 6.45) is 1.31. The van der Waals surface area contributed by atoms with E-state index >= 15 is 0 Å². The smallest absolute Gasteiger partial charge is 0.349 e. The van der Waals surface area contributed by atoms with Gasteiger partial charge >= 0.3 is 11.6 Å². The van der Waals surface area contributed by atoms with E-state index in [9.17, 15) is 14.4 Å². The number of benzene rings is 3. The molecule has 39 heavy (non-hydrogen) atoms. The Bertz CT molecular complexity index is 1480. The average Bonchev–Trinajstić information content (AvgIpc) is 2.91. The third kappa shape index (κ3) is 7.80. The van der Waals surface area contributed by atoms with Crippen LogP contribution in [0.15, 0.2) is 88.1 Å². The molecule has 0 spiro atoms. The maximum atomic E-state index is 12.5. The van der Waals surface area contributed by atoms with Gasteiger partial charge in [0.1, 0.15) is 22.6 Å². The predicted octanol–water partition coefficient (Wildman–Crippen LogP) is 5.83. The minimum atomic E-state index is -0.754. The normalized spacial score (nSPS) is 11.3. The lowest BCUT2D eigenvalue weighted by atomic mass is 9.87. The second-order valence-electron chi connectivity index (χ2n) is 10.3. The Morgan fingerprint density at radius 1 is 0.897 bits per heavy atom. The molecule has 0 aliphatic heterocycles. The Labute approximate surface area is 227 Å². The van der Waals surface area contributed by atoms with Crippen molar-refractivity contribution < 1.29 is 23.5 Å². The molecule has 202 valence electrons. The molecular formula is C32H33NO6. The molecule has 0 saturated carbocycles. The summed E-state index contributed by atoms with van der Waals surface area (Å²) in [5, 5.41) is 3.30. The molecule has 0 fully saturated rings. The first kappa shape index (κ1) is 27.6. The standard InChI is InChI=1S/C32H33NO6/c1-32(2,3)24-12-15-25(16-13-24)37-19-7-10-29(34)38-26-14-11-23-20-27(31(36)39-28(23)21-26)30(35)33-18-17-22-8-5-4-6-9-22/h4-6,8-9,11-16,20-21H,7,10,17-19H2,1-3H3,(H,33,35). The summed E-state index contributed by atoms with van der Waals surface area (Å²) >= 11 is 0. The lowest BCUT2D eigenvalue weighted by Gasteiger charge is -2.19. The highest BCUT2D eigenvalue weighted by molar-refractivity contribution is 5.96. The third-order valence-corrected chi connectivity index (χ3v) is 6.24. The van der Waals surface area contributed by atoms with Gasteiger partial charge in [-0.05, 0) is 59.7 Å². The molecule has 0 bridgehead atoms. The summed E-state index contributed by atoms with van der Waals surface area (Å²) in [6, 6.07) is 23.9. The Morgan fingerprint density at radius 2 is 1.62 bits per heavy atom. The minimum absolute atomic E-state index is 0.0756. The van der Waals surface area contributed by atoms with Gasteiger partial charge in [0.15, 0.2) is 0 Å². The molecule has 1 aromatic heterocycles. The number of esters is 1. The Hall–Kier alpha value is -4.39. The van der Waals surface area contributed by atoms with Crippen LogP contribution >= 0.6 is 0 Å². The van der Waals surface area contributed by atoms with Crippen LogP contribution in [0.25, 0.3) is 11.0 Å². The van der Waals surface area contributed by atoms with Crippen LogP contribution in [0.4, 0.5) is 0 Å². The summed E-state index contributed by atoms with van der Waals surface area (Å²) in [6.45, 7) is 7.24. The van der Waals surface area contributed by atoms with Gasteiger partial charge in [0, 0.05) is 24.4 Å². The van der Waals surface area contributed by atoms with E-state index in [1.807, 2.05) is 54.6 Å². The van der Waals surface area contributed by atoms with Crippen LogP contribution in [0.1, 0.15) is 55.1 Å². The van der Waals surface area contributed by atoms with Gasteiger partial charge in [-0.3, -0.25) is 9.59 Å². The number of carbonyl (C=O) groups excluding carboxylic acids is 2. The number of carbonyl (C=O) groups is 2. The number of nitrogens with one attached hydrogen (secondary N) is 1. The zero-order valence-electron chi connectivity index (χ0n) is 22.5. The van der Waals surface area contributed by atoms with E-state index in [2.05, 4.69) is 26.1 Å². The molecule has 0 aliphatic carbocycles. The summed E-state index contributed by atoms with van der Waals surface area (Å²) < 4.78 is 16.5. The largest absolute Gasteiger partial charge is 0.494 e. The van der Waals surface area contributed by atoms with Crippen molar-refractivity contribution in [1.82, 2.24) is 5.32 Å². The Kier molecular flexibility index (Phi) is 8.81. The van der Waals surface area contributed by atoms with Crippen LogP contribution in [0, 0.1) is 0 Å². The van der Waals surface area contributed by atoms with Crippen LogP contribution < -0.4 is 20.4 Å². The van der Waals surface area contributed by atoms with Gasteiger partial charge in [-0.25, -0.2) is 4.79 Å². The van der Waals surface area contributed by atoms with Gasteiger partial charge in [0.05, 0.1) is 6.61 Å². The van der Waals surface area contributed by atoms with Gasteiger partial charge in [-0.2, -0.15) is 0 Å². The fourth-order valence-electron chi connectivity index (χ4n) is 4.01. The van der Waals surface area contributed by atoms with Crippen molar-refractivity contribution in [2.24, 2.45) is 0 Å². The highest BCUT2D eigenvalue weighted by Crippen LogP contribution is 2.24. The summed E-state index contributed by atoms with van der Waals surface area (Å²) in [5.74, 6) is 0.0989. The number of ether oxygens (including phenoxy) is 2. The summed E-state index contributed by atoms with van der Waals surface area (Å²) in [7, 11) is 0. The second kappa shape index (κ2) is 12.4. The zero-order chi connectivity index (χ0) is 27.8. The molecule has 0 aliphatic rings. The second-order valence-corrected chi connectivity index (χ2v) is 10.3. The predicted molar refractivity (Wildman–Crippen MR) is 150 cm³/mol. The highest BCUT2D eigenvalue weighted by Gasteiger charge is 2.15. The van der Waals surface area contributed by atoms with E-state index in [4.69, 9.17) is 13.9 Å². The molecule has 1 heterocycles. The van der Waals surface area contributed by atoms with E-state index in [-0.39, 0.29) is 28.7 Å². The maximum Gasteiger partial charge on any atom is 0.349 e. The monoisotopic (exact) mass is 527 g/mol. The highest BCUT2D eigenvalue weighted by atomic mass is 16.5. The molecule has 7 heteroatoms. The van der Waals surface area contributed by atoms with Crippen LogP contribution in [0.2, 0.25) is 0 Å². The zero-order valence-corrected chi connectivity index (χ0v) is 22.5. The van der Waals surface area contributed by atoms with Crippen LogP contribution in [-0.2, 0) is 16.6 Å². The molecule has 0 atom stereocenters. The van der Waals surface area contributed by atoms with Gasteiger partial charge in [0.2, 0.25) is 0 Å². The van der Waals surface area contributed by atoms with Crippen LogP contribution in [0.5, 0.6) is 11.5 Å². The van der Waals surface area contributed by atoms with E-state index < -0.39 is 17.5 Å². The lowest BCUT2D eigenvalue weighted by Crippen LogP contribution is -2.29. The molecule has 1 N–H and O–H groups in total. The average molecular weight is 528 g/mol. The minimum Gasteiger partial charge on any atom is -0.494 e. The molecule has 3 aromatic carbocycles. The van der Waals surface area contributed by atoms with E-state index in [0.717, 1.165) is 11.3 Å². The number of hydrogen-bond acceptors (Lipinski definition) is 6. The van der Waals surface area contributed by atoms with Crippen LogP contribution in [0.3, 0.4) is 0 Å². The number of rotatable bonds is 10. The first-order chi connectivity index (χ1) is 18.7. The fraction of sp³-hybridized carbons (Fsp3) is 0.281. The summed E-state index contributed by atoms with van der Waals surface area (Å²) in [5.41, 5.74) is 1.79. The van der Waals surface area contributed by atoms with Crippen molar-refractivity contribution in [3.8, 4) is 11.5 Å². The Morgan fingerprint density at radius 3 is 2.33 bits per heavy atom. The molecule has 0 radical (unpaired) electrons. The molecule has 4 rings (SSSR count).